The maximum Gasteiger partial charge on any atom is 0.110 e. The van der Waals surface area contributed by atoms with Crippen LogP contribution in [0.25, 0.3) is 10.9 Å². The largest absolute Gasteiger partial charge is 0.466 e. The van der Waals surface area contributed by atoms with E-state index in [-0.39, 0.29) is 0 Å². The normalized spacial score (nSPS) is 19.8. The third kappa shape index (κ3) is 2.87. The van der Waals surface area contributed by atoms with Gasteiger partial charge in [-0.05, 0) is 68.9 Å². The lowest BCUT2D eigenvalue weighted by Gasteiger charge is -2.41. The van der Waals surface area contributed by atoms with Crippen LogP contribution in [0.15, 0.2) is 40.6 Å². The van der Waals surface area contributed by atoms with Gasteiger partial charge in [-0.3, -0.25) is 0 Å². The number of aromatic amines is 1. The van der Waals surface area contributed by atoms with Gasteiger partial charge in [-0.25, -0.2) is 0 Å². The van der Waals surface area contributed by atoms with Gasteiger partial charge in [-0.15, -0.1) is 0 Å². The number of ether oxygens (including phenoxy) is 1. The fourth-order valence-corrected chi connectivity index (χ4v) is 4.79. The molecular weight excluding hydrogens is 348 g/mol. The summed E-state index contributed by atoms with van der Waals surface area (Å²) in [6.45, 7) is 8.02. The summed E-state index contributed by atoms with van der Waals surface area (Å²) >= 11 is 0. The number of nitrogens with one attached hydrogen (secondary N) is 1. The van der Waals surface area contributed by atoms with Crippen LogP contribution in [-0.4, -0.2) is 24.2 Å². The van der Waals surface area contributed by atoms with Crippen LogP contribution in [-0.2, 0) is 17.6 Å². The molecule has 5 rings (SSSR count). The predicted octanol–water partition coefficient (Wildman–Crippen LogP) is 5.35. The number of hydrogen-bond acceptors (Lipinski definition) is 3. The molecule has 146 valence electrons. The number of anilines is 1. The molecule has 4 heteroatoms. The van der Waals surface area contributed by atoms with Crippen LogP contribution in [0.5, 0.6) is 0 Å². The van der Waals surface area contributed by atoms with Crippen molar-refractivity contribution in [2.24, 2.45) is 0 Å². The second kappa shape index (κ2) is 6.85. The molecule has 1 fully saturated rings. The molecule has 3 aromatic rings. The number of allylic oxidation sites excluding steroid dienone is 2. The van der Waals surface area contributed by atoms with Gasteiger partial charge in [0.1, 0.15) is 11.5 Å². The Balaban J connectivity index is 1.61. The molecular formula is C24H28N2O2. The van der Waals surface area contributed by atoms with E-state index in [1.54, 1.807) is 0 Å². The van der Waals surface area contributed by atoms with Crippen molar-refractivity contribution in [3.05, 3.63) is 64.4 Å². The lowest BCUT2D eigenvalue weighted by atomic mass is 9.93. The Morgan fingerprint density at radius 3 is 2.82 bits per heavy atom. The van der Waals surface area contributed by atoms with E-state index in [0.717, 1.165) is 50.4 Å². The van der Waals surface area contributed by atoms with E-state index in [0.29, 0.717) is 6.04 Å². The molecule has 0 spiro atoms. The van der Waals surface area contributed by atoms with Gasteiger partial charge in [0.2, 0.25) is 0 Å². The molecule has 28 heavy (non-hydrogen) atoms. The molecule has 2 aliphatic rings. The van der Waals surface area contributed by atoms with Gasteiger partial charge in [0.05, 0.1) is 23.9 Å². The highest BCUT2D eigenvalue weighted by atomic mass is 16.5. The summed E-state index contributed by atoms with van der Waals surface area (Å²) in [6, 6.07) is 7.13. The number of benzene rings is 1. The maximum absolute atomic E-state index is 6.03. The van der Waals surface area contributed by atoms with Crippen LogP contribution < -0.4 is 4.90 Å². The van der Waals surface area contributed by atoms with Crippen LogP contribution >= 0.6 is 0 Å². The van der Waals surface area contributed by atoms with Crippen molar-refractivity contribution in [1.29, 1.82) is 0 Å². The van der Waals surface area contributed by atoms with Crippen LogP contribution in [0.3, 0.4) is 0 Å². The van der Waals surface area contributed by atoms with Gasteiger partial charge in [0, 0.05) is 30.3 Å². The van der Waals surface area contributed by atoms with Crippen molar-refractivity contribution in [3.8, 4) is 0 Å². The first-order chi connectivity index (χ1) is 13.6. The minimum atomic E-state index is 0.372. The van der Waals surface area contributed by atoms with Crippen molar-refractivity contribution >= 4 is 16.6 Å². The van der Waals surface area contributed by atoms with E-state index < -0.39 is 0 Å². The lowest BCUT2D eigenvalue weighted by molar-refractivity contribution is 0.0808. The monoisotopic (exact) mass is 376 g/mol. The number of H-pyrrole nitrogens is 1. The molecule has 0 saturated carbocycles. The van der Waals surface area contributed by atoms with E-state index in [1.807, 2.05) is 6.92 Å². The quantitative estimate of drug-likeness (QED) is 0.669. The standard InChI is InChI=1S/C24H28N2O2/c1-15-12-21(28-17(15)3)13-19-7-6-18-11-16(2)23-22(8-9-25-23)24(18)26(19)20-5-4-10-27-14-20/h7-9,11-12,20,25H,4-6,10,13-14H2,1-3H3/t20-/m0/s1. The molecule has 0 aliphatic carbocycles. The Morgan fingerprint density at radius 1 is 1.18 bits per heavy atom. The van der Waals surface area contributed by atoms with E-state index in [2.05, 4.69) is 54.2 Å². The Bertz CT molecular complexity index is 1030. The van der Waals surface area contributed by atoms with Crippen molar-refractivity contribution in [3.63, 3.8) is 0 Å². The first-order valence-electron chi connectivity index (χ1n) is 10.3. The van der Waals surface area contributed by atoms with Gasteiger partial charge < -0.3 is 19.0 Å². The van der Waals surface area contributed by atoms with Crippen LogP contribution in [0.4, 0.5) is 5.69 Å². The summed E-state index contributed by atoms with van der Waals surface area (Å²) in [7, 11) is 0. The number of rotatable bonds is 3. The molecule has 4 heterocycles. The van der Waals surface area contributed by atoms with E-state index in [1.165, 1.54) is 39.0 Å². The maximum atomic E-state index is 6.03. The minimum Gasteiger partial charge on any atom is -0.466 e. The molecule has 1 N–H and O–H groups in total. The van der Waals surface area contributed by atoms with E-state index in [9.17, 15) is 0 Å². The Hall–Kier alpha value is -2.46. The molecule has 1 atom stereocenters. The van der Waals surface area contributed by atoms with Crippen LogP contribution in [0.1, 0.15) is 41.1 Å². The molecule has 2 aromatic heterocycles. The molecule has 0 radical (unpaired) electrons. The van der Waals surface area contributed by atoms with Crippen molar-refractivity contribution in [2.75, 3.05) is 18.1 Å². The molecule has 1 saturated heterocycles. The molecule has 0 unspecified atom stereocenters. The predicted molar refractivity (Wildman–Crippen MR) is 113 cm³/mol. The van der Waals surface area contributed by atoms with Crippen LogP contribution in [0.2, 0.25) is 0 Å². The van der Waals surface area contributed by atoms with E-state index in [4.69, 9.17) is 9.15 Å². The van der Waals surface area contributed by atoms with Gasteiger partial charge in [0.15, 0.2) is 0 Å². The SMILES string of the molecule is Cc1cc(CC2=CCc3cc(C)c4[nH]ccc4c3N2[C@H]2CCCOC2)oc1C. The van der Waals surface area contributed by atoms with E-state index >= 15 is 0 Å². The molecule has 1 aromatic carbocycles. The van der Waals surface area contributed by atoms with Gasteiger partial charge >= 0.3 is 0 Å². The average Bonchev–Trinajstić information content (AvgIpc) is 3.30. The summed E-state index contributed by atoms with van der Waals surface area (Å²) in [5, 5.41) is 1.32. The molecule has 0 amide bonds. The summed E-state index contributed by atoms with van der Waals surface area (Å²) in [4.78, 5) is 6.00. The van der Waals surface area contributed by atoms with Crippen molar-refractivity contribution in [1.82, 2.24) is 4.98 Å². The highest BCUT2D eigenvalue weighted by Crippen LogP contribution is 2.41. The average molecular weight is 377 g/mol. The molecule has 4 nitrogen and oxygen atoms in total. The first-order valence-corrected chi connectivity index (χ1v) is 10.3. The first kappa shape index (κ1) is 17.6. The van der Waals surface area contributed by atoms with Gasteiger partial charge in [-0.2, -0.15) is 0 Å². The molecule has 0 bridgehead atoms. The Labute approximate surface area is 166 Å². The smallest absolute Gasteiger partial charge is 0.110 e. The minimum absolute atomic E-state index is 0.372. The Kier molecular flexibility index (Phi) is 4.31. The third-order valence-electron chi connectivity index (χ3n) is 6.27. The highest BCUT2D eigenvalue weighted by molar-refractivity contribution is 5.97. The van der Waals surface area contributed by atoms with Crippen molar-refractivity contribution in [2.45, 2.75) is 52.5 Å². The summed E-state index contributed by atoms with van der Waals surface area (Å²) < 4.78 is 11.9. The van der Waals surface area contributed by atoms with Crippen LogP contribution in [0, 0.1) is 20.8 Å². The fraction of sp³-hybridized carbons (Fsp3) is 0.417. The number of fused-ring (bicyclic) bond motifs is 3. The fourth-order valence-electron chi connectivity index (χ4n) is 4.79. The van der Waals surface area contributed by atoms with Gasteiger partial charge in [0.25, 0.3) is 0 Å². The van der Waals surface area contributed by atoms with Gasteiger partial charge in [-0.1, -0.05) is 12.1 Å². The zero-order valence-electron chi connectivity index (χ0n) is 17.0. The second-order valence-electron chi connectivity index (χ2n) is 8.24. The zero-order chi connectivity index (χ0) is 19.3. The third-order valence-corrected chi connectivity index (χ3v) is 6.27. The zero-order valence-corrected chi connectivity index (χ0v) is 17.0. The lowest BCUT2D eigenvalue weighted by Crippen LogP contribution is -2.43. The Morgan fingerprint density at radius 2 is 2.07 bits per heavy atom. The summed E-state index contributed by atoms with van der Waals surface area (Å²) in [5.74, 6) is 2.06. The summed E-state index contributed by atoms with van der Waals surface area (Å²) in [5.41, 5.74) is 7.88. The molecule has 2 aliphatic heterocycles. The second-order valence-corrected chi connectivity index (χ2v) is 8.24. The number of hydrogen-bond donors (Lipinski definition) is 1. The number of furan rings is 1. The summed E-state index contributed by atoms with van der Waals surface area (Å²) in [6.07, 6.45) is 8.52. The highest BCUT2D eigenvalue weighted by Gasteiger charge is 2.31. The number of aryl methyl sites for hydroxylation is 3. The number of nitrogens with zero attached hydrogens (tertiary/aromatic N) is 1. The van der Waals surface area contributed by atoms with Crippen molar-refractivity contribution < 1.29 is 9.15 Å². The number of aromatic nitrogens is 1. The topological polar surface area (TPSA) is 41.4 Å².